The quantitative estimate of drug-likeness (QED) is 0.805. The fraction of sp³-hybridized carbons (Fsp3) is 0.250. The minimum Gasteiger partial charge on any atom is -0.275 e. The molecule has 0 amide bonds. The molecule has 0 unspecified atom stereocenters. The Balaban J connectivity index is 2.32. The van der Waals surface area contributed by atoms with Gasteiger partial charge in [0.25, 0.3) is 10.0 Å². The number of anilines is 1. The summed E-state index contributed by atoms with van der Waals surface area (Å²) in [6.07, 6.45) is 2.98. The average molecular weight is 241 g/mol. The fourth-order valence-electron chi connectivity index (χ4n) is 1.29. The van der Waals surface area contributed by atoms with Crippen LogP contribution in [0.2, 0.25) is 0 Å². The van der Waals surface area contributed by atoms with Gasteiger partial charge in [-0.05, 0) is 13.0 Å². The third-order valence-electron chi connectivity index (χ3n) is 2.02. The van der Waals surface area contributed by atoms with Gasteiger partial charge < -0.3 is 0 Å². The minimum absolute atomic E-state index is 0.0238. The minimum atomic E-state index is -3.60. The van der Waals surface area contributed by atoms with Crippen molar-refractivity contribution < 1.29 is 8.42 Å². The molecule has 0 aliphatic carbocycles. The van der Waals surface area contributed by atoms with Gasteiger partial charge in [0.1, 0.15) is 0 Å². The maximum Gasteiger partial charge on any atom is 0.278 e. The highest BCUT2D eigenvalue weighted by molar-refractivity contribution is 7.92. The molecule has 0 fully saturated rings. The Kier molecular flexibility index (Phi) is 2.43. The van der Waals surface area contributed by atoms with Crippen molar-refractivity contribution >= 4 is 15.7 Å². The van der Waals surface area contributed by atoms with E-state index in [1.165, 1.54) is 12.3 Å². The Labute approximate surface area is 92.5 Å². The molecule has 2 N–H and O–H groups in total. The van der Waals surface area contributed by atoms with Gasteiger partial charge in [0.15, 0.2) is 5.03 Å². The van der Waals surface area contributed by atoms with Crippen molar-refractivity contribution in [2.24, 2.45) is 7.05 Å². The molecule has 0 aromatic carbocycles. The van der Waals surface area contributed by atoms with E-state index in [2.05, 4.69) is 20.0 Å². The van der Waals surface area contributed by atoms with Crippen molar-refractivity contribution in [1.29, 1.82) is 0 Å². The highest BCUT2D eigenvalue weighted by Crippen LogP contribution is 2.16. The zero-order valence-electron chi connectivity index (χ0n) is 8.80. The third kappa shape index (κ3) is 1.91. The van der Waals surface area contributed by atoms with Gasteiger partial charge in [0, 0.05) is 13.2 Å². The van der Waals surface area contributed by atoms with Gasteiger partial charge >= 0.3 is 0 Å². The van der Waals surface area contributed by atoms with E-state index in [4.69, 9.17) is 0 Å². The molecule has 2 aromatic heterocycles. The number of H-pyrrole nitrogens is 1. The summed E-state index contributed by atoms with van der Waals surface area (Å²) in [5.41, 5.74) is 1.07. The fourth-order valence-corrected chi connectivity index (χ4v) is 2.31. The molecule has 0 bridgehead atoms. The first kappa shape index (κ1) is 10.7. The van der Waals surface area contributed by atoms with Crippen molar-refractivity contribution in [3.8, 4) is 0 Å². The molecule has 8 heteroatoms. The van der Waals surface area contributed by atoms with Crippen molar-refractivity contribution in [3.63, 3.8) is 0 Å². The molecule has 0 aliphatic rings. The standard InChI is InChI=1S/C8H11N5O2S/c1-6-7(5-13(2)11-6)12-16(14,15)8-3-4-9-10-8/h3-5,12H,1-2H3,(H,9,10). The second kappa shape index (κ2) is 3.63. The van der Waals surface area contributed by atoms with E-state index in [1.807, 2.05) is 0 Å². The van der Waals surface area contributed by atoms with Gasteiger partial charge in [-0.2, -0.15) is 18.6 Å². The lowest BCUT2D eigenvalue weighted by Gasteiger charge is -2.03. The van der Waals surface area contributed by atoms with Crippen LogP contribution in [0.25, 0.3) is 0 Å². The molecule has 7 nitrogen and oxygen atoms in total. The van der Waals surface area contributed by atoms with Crippen molar-refractivity contribution in [1.82, 2.24) is 20.0 Å². The largest absolute Gasteiger partial charge is 0.278 e. The number of rotatable bonds is 3. The van der Waals surface area contributed by atoms with E-state index < -0.39 is 10.0 Å². The van der Waals surface area contributed by atoms with Crippen LogP contribution in [0, 0.1) is 6.92 Å². The van der Waals surface area contributed by atoms with E-state index in [9.17, 15) is 8.42 Å². The smallest absolute Gasteiger partial charge is 0.275 e. The van der Waals surface area contributed by atoms with Crippen LogP contribution in [0.4, 0.5) is 5.69 Å². The molecule has 0 atom stereocenters. The highest BCUT2D eigenvalue weighted by atomic mass is 32.2. The molecule has 0 aliphatic heterocycles. The van der Waals surface area contributed by atoms with Crippen molar-refractivity contribution in [3.05, 3.63) is 24.2 Å². The third-order valence-corrected chi connectivity index (χ3v) is 3.32. The maximum absolute atomic E-state index is 11.8. The van der Waals surface area contributed by atoms with Gasteiger partial charge in [-0.1, -0.05) is 0 Å². The number of hydrogen-bond acceptors (Lipinski definition) is 4. The molecule has 2 heterocycles. The van der Waals surface area contributed by atoms with Crippen LogP contribution in [0.3, 0.4) is 0 Å². The zero-order valence-corrected chi connectivity index (χ0v) is 9.61. The number of aryl methyl sites for hydroxylation is 2. The Morgan fingerprint density at radius 2 is 2.25 bits per heavy atom. The highest BCUT2D eigenvalue weighted by Gasteiger charge is 2.17. The normalized spacial score (nSPS) is 11.6. The summed E-state index contributed by atoms with van der Waals surface area (Å²) in [6.45, 7) is 1.73. The van der Waals surface area contributed by atoms with E-state index in [0.717, 1.165) is 0 Å². The summed E-state index contributed by atoms with van der Waals surface area (Å²) in [6, 6.07) is 1.38. The van der Waals surface area contributed by atoms with Crippen LogP contribution in [-0.2, 0) is 17.1 Å². The molecule has 2 rings (SSSR count). The Hall–Kier alpha value is -1.83. The van der Waals surface area contributed by atoms with Crippen LogP contribution >= 0.6 is 0 Å². The monoisotopic (exact) mass is 241 g/mol. The summed E-state index contributed by atoms with van der Waals surface area (Å²) in [7, 11) is -1.88. The van der Waals surface area contributed by atoms with Crippen LogP contribution < -0.4 is 4.72 Å². The molecule has 86 valence electrons. The average Bonchev–Trinajstić information content (AvgIpc) is 2.76. The number of sulfonamides is 1. The summed E-state index contributed by atoms with van der Waals surface area (Å²) in [4.78, 5) is 0. The first-order valence-corrected chi connectivity index (χ1v) is 6.00. The molecule has 0 saturated carbocycles. The topological polar surface area (TPSA) is 92.7 Å². The summed E-state index contributed by atoms with van der Waals surface area (Å²) < 4.78 is 27.6. The van der Waals surface area contributed by atoms with E-state index >= 15 is 0 Å². The van der Waals surface area contributed by atoms with Gasteiger partial charge in [-0.15, -0.1) is 0 Å². The van der Waals surface area contributed by atoms with Crippen molar-refractivity contribution in [2.45, 2.75) is 11.9 Å². The summed E-state index contributed by atoms with van der Waals surface area (Å²) in [5.74, 6) is 0. The van der Waals surface area contributed by atoms with Crippen molar-refractivity contribution in [2.75, 3.05) is 4.72 Å². The lowest BCUT2D eigenvalue weighted by molar-refractivity contribution is 0.597. The second-order valence-corrected chi connectivity index (χ2v) is 4.98. The number of nitrogens with one attached hydrogen (secondary N) is 2. The first-order chi connectivity index (χ1) is 7.49. The van der Waals surface area contributed by atoms with E-state index in [0.29, 0.717) is 11.4 Å². The molecule has 0 spiro atoms. The zero-order chi connectivity index (χ0) is 11.8. The molecular formula is C8H11N5O2S. The van der Waals surface area contributed by atoms with Gasteiger partial charge in [-0.3, -0.25) is 14.5 Å². The molecular weight excluding hydrogens is 230 g/mol. The Bertz CT molecular complexity index is 584. The lowest BCUT2D eigenvalue weighted by Crippen LogP contribution is -2.13. The van der Waals surface area contributed by atoms with E-state index in [-0.39, 0.29) is 5.03 Å². The first-order valence-electron chi connectivity index (χ1n) is 4.51. The lowest BCUT2D eigenvalue weighted by atomic mass is 10.4. The second-order valence-electron chi connectivity index (χ2n) is 3.33. The van der Waals surface area contributed by atoms with Crippen LogP contribution in [-0.4, -0.2) is 28.4 Å². The number of aromatic nitrogens is 4. The predicted octanol–water partition coefficient (Wildman–Crippen LogP) is 0.252. The Morgan fingerprint density at radius 1 is 1.50 bits per heavy atom. The number of hydrogen-bond donors (Lipinski definition) is 2. The predicted molar refractivity (Wildman–Crippen MR) is 57.3 cm³/mol. The molecule has 16 heavy (non-hydrogen) atoms. The van der Waals surface area contributed by atoms with E-state index in [1.54, 1.807) is 24.9 Å². The van der Waals surface area contributed by atoms with Gasteiger partial charge in [0.05, 0.1) is 17.6 Å². The molecule has 2 aromatic rings. The SMILES string of the molecule is Cc1nn(C)cc1NS(=O)(=O)c1ccn[nH]1. The van der Waals surface area contributed by atoms with Crippen LogP contribution in [0.1, 0.15) is 5.69 Å². The van der Waals surface area contributed by atoms with Gasteiger partial charge in [0.2, 0.25) is 0 Å². The summed E-state index contributed by atoms with van der Waals surface area (Å²) >= 11 is 0. The molecule has 0 saturated heterocycles. The van der Waals surface area contributed by atoms with Gasteiger partial charge in [-0.25, -0.2) is 0 Å². The number of nitrogens with zero attached hydrogens (tertiary/aromatic N) is 3. The van der Waals surface area contributed by atoms with Crippen LogP contribution in [0.5, 0.6) is 0 Å². The maximum atomic E-state index is 11.8. The Morgan fingerprint density at radius 3 is 2.75 bits per heavy atom. The summed E-state index contributed by atoms with van der Waals surface area (Å²) in [5, 5.41) is 10.1. The van der Waals surface area contributed by atoms with Crippen LogP contribution in [0.15, 0.2) is 23.5 Å². The number of aromatic amines is 1. The molecule has 0 radical (unpaired) electrons.